The first kappa shape index (κ1) is 21.3. The van der Waals surface area contributed by atoms with E-state index in [1.165, 1.54) is 124 Å². The summed E-state index contributed by atoms with van der Waals surface area (Å²) < 4.78 is 8.95. The highest BCUT2D eigenvalue weighted by Crippen LogP contribution is 2.47. The molecule has 7 aromatic rings. The largest absolute Gasteiger partial charge is 0.456 e. The molecule has 38 heavy (non-hydrogen) atoms. The van der Waals surface area contributed by atoms with Gasteiger partial charge in [0.25, 0.3) is 0 Å². The second kappa shape index (κ2) is 7.92. The van der Waals surface area contributed by atoms with Gasteiger partial charge in [0.05, 0.1) is 28.9 Å². The van der Waals surface area contributed by atoms with Crippen molar-refractivity contribution >= 4 is 60.0 Å². The van der Waals surface area contributed by atoms with Crippen LogP contribution in [-0.2, 0) is 0 Å². The summed E-state index contributed by atoms with van der Waals surface area (Å²) in [5.41, 5.74) is 8.12. The van der Waals surface area contributed by atoms with Crippen molar-refractivity contribution in [2.45, 2.75) is 76.0 Å². The van der Waals surface area contributed by atoms with E-state index >= 15 is 0 Å². The summed E-state index contributed by atoms with van der Waals surface area (Å²) >= 11 is 0. The number of hydrogen-bond donors (Lipinski definition) is 0. The minimum Gasteiger partial charge on any atom is -0.456 e. The van der Waals surface area contributed by atoms with Crippen LogP contribution >= 0.6 is 0 Å². The fourth-order valence-corrected chi connectivity index (χ4v) is 7.89. The van der Waals surface area contributed by atoms with Crippen molar-refractivity contribution in [2.75, 3.05) is 0 Å². The number of para-hydroxylation sites is 1. The maximum Gasteiger partial charge on any atom is 0.136 e. The van der Waals surface area contributed by atoms with Crippen molar-refractivity contribution in [3.63, 3.8) is 0 Å². The summed E-state index contributed by atoms with van der Waals surface area (Å²) in [7, 11) is 0. The van der Waals surface area contributed by atoms with E-state index in [1.807, 2.05) is 0 Å². The number of pyridine rings is 2. The molecule has 0 saturated heterocycles. The van der Waals surface area contributed by atoms with Crippen molar-refractivity contribution in [3.05, 3.63) is 66.2 Å². The number of hydrogen-bond acceptors (Lipinski definition) is 3. The molecule has 2 aliphatic carbocycles. The van der Waals surface area contributed by atoms with Gasteiger partial charge in [-0.05, 0) is 49.9 Å². The maximum atomic E-state index is 6.51. The van der Waals surface area contributed by atoms with Gasteiger partial charge in [-0.2, -0.15) is 0 Å². The molecule has 0 unspecified atom stereocenters. The van der Waals surface area contributed by atoms with Gasteiger partial charge in [-0.15, -0.1) is 0 Å². The lowest BCUT2D eigenvalue weighted by molar-refractivity contribution is 0.437. The average Bonchev–Trinajstić information content (AvgIpc) is 3.63. The molecule has 4 nitrogen and oxygen atoms in total. The molecule has 4 heteroatoms. The molecule has 188 valence electrons. The van der Waals surface area contributed by atoms with Gasteiger partial charge >= 0.3 is 0 Å². The lowest BCUT2D eigenvalue weighted by Gasteiger charge is -2.21. The van der Waals surface area contributed by atoms with Crippen molar-refractivity contribution in [3.8, 4) is 0 Å². The van der Waals surface area contributed by atoms with E-state index < -0.39 is 0 Å². The van der Waals surface area contributed by atoms with Crippen LogP contribution in [0.1, 0.15) is 87.4 Å². The van der Waals surface area contributed by atoms with Gasteiger partial charge in [0, 0.05) is 55.5 Å². The lowest BCUT2D eigenvalue weighted by atomic mass is 9.86. The zero-order chi connectivity index (χ0) is 24.8. The Hall–Kier alpha value is -3.66. The van der Waals surface area contributed by atoms with E-state index in [4.69, 9.17) is 14.4 Å². The molecule has 2 aliphatic rings. The van der Waals surface area contributed by atoms with Crippen LogP contribution in [0.15, 0.2) is 59.3 Å². The Morgan fingerprint density at radius 3 is 1.95 bits per heavy atom. The highest BCUT2D eigenvalue weighted by atomic mass is 16.3. The first-order chi connectivity index (χ1) is 18.8. The van der Waals surface area contributed by atoms with Crippen LogP contribution in [0.25, 0.3) is 60.0 Å². The number of rotatable bonds is 2. The standard InChI is InChI=1S/C34H31N3O/c1-3-9-20(10-4-1)26-15-23-24-17-31-32(22-13-7-8-14-30(22)38-31)33-25-16-27(21-11-5-2-6-12-21)36-19-29(25)37(34(24)33)28(23)18-35-26/h7-8,13-21H,1-6,9-12H2. The van der Waals surface area contributed by atoms with E-state index in [0.29, 0.717) is 11.8 Å². The topological polar surface area (TPSA) is 43.3 Å². The molecule has 0 bridgehead atoms. The fourth-order valence-electron chi connectivity index (χ4n) is 7.89. The van der Waals surface area contributed by atoms with Gasteiger partial charge in [-0.25, -0.2) is 0 Å². The van der Waals surface area contributed by atoms with Crippen molar-refractivity contribution in [1.29, 1.82) is 0 Å². The smallest absolute Gasteiger partial charge is 0.136 e. The average molecular weight is 498 g/mol. The van der Waals surface area contributed by atoms with Crippen molar-refractivity contribution in [1.82, 2.24) is 14.4 Å². The Kier molecular flexibility index (Phi) is 4.44. The molecule has 0 spiro atoms. The molecular formula is C34H31N3O. The minimum atomic E-state index is 0.571. The van der Waals surface area contributed by atoms with E-state index in [2.05, 4.69) is 59.3 Å². The van der Waals surface area contributed by atoms with E-state index in [9.17, 15) is 0 Å². The summed E-state index contributed by atoms with van der Waals surface area (Å²) in [5, 5.41) is 7.61. The molecule has 0 N–H and O–H groups in total. The first-order valence-corrected chi connectivity index (χ1v) is 14.6. The van der Waals surface area contributed by atoms with Gasteiger partial charge in [0.15, 0.2) is 0 Å². The summed E-state index contributed by atoms with van der Waals surface area (Å²) in [6.07, 6.45) is 17.3. The zero-order valence-corrected chi connectivity index (χ0v) is 21.7. The minimum absolute atomic E-state index is 0.571. The Bertz CT molecular complexity index is 2000. The molecule has 0 radical (unpaired) electrons. The lowest BCUT2D eigenvalue weighted by Crippen LogP contribution is -2.06. The molecule has 0 atom stereocenters. The first-order valence-electron chi connectivity index (χ1n) is 14.6. The van der Waals surface area contributed by atoms with Crippen molar-refractivity contribution in [2.24, 2.45) is 0 Å². The number of aromatic nitrogens is 3. The normalized spacial score (nSPS) is 18.3. The quantitative estimate of drug-likeness (QED) is 0.239. The van der Waals surface area contributed by atoms with Crippen LogP contribution in [-0.4, -0.2) is 14.4 Å². The number of benzene rings is 2. The zero-order valence-electron chi connectivity index (χ0n) is 21.7. The van der Waals surface area contributed by atoms with Gasteiger partial charge in [0.2, 0.25) is 0 Å². The summed E-state index contributed by atoms with van der Waals surface area (Å²) in [4.78, 5) is 10.2. The molecule has 0 amide bonds. The van der Waals surface area contributed by atoms with Gasteiger partial charge in [-0.3, -0.25) is 9.97 Å². The van der Waals surface area contributed by atoms with Crippen molar-refractivity contribution < 1.29 is 4.42 Å². The number of nitrogens with zero attached hydrogens (tertiary/aromatic N) is 3. The van der Waals surface area contributed by atoms with Crippen LogP contribution in [0.2, 0.25) is 0 Å². The third kappa shape index (κ3) is 2.86. The predicted octanol–water partition coefficient (Wildman–Crippen LogP) is 9.62. The molecule has 5 aromatic heterocycles. The highest BCUT2D eigenvalue weighted by molar-refractivity contribution is 6.34. The molecular weight excluding hydrogens is 466 g/mol. The highest BCUT2D eigenvalue weighted by Gasteiger charge is 2.26. The second-order valence-corrected chi connectivity index (χ2v) is 11.9. The Balaban J connectivity index is 1.41. The molecule has 2 saturated carbocycles. The predicted molar refractivity (Wildman–Crippen MR) is 156 cm³/mol. The Morgan fingerprint density at radius 1 is 0.605 bits per heavy atom. The van der Waals surface area contributed by atoms with Crippen LogP contribution in [0, 0.1) is 0 Å². The van der Waals surface area contributed by atoms with Crippen LogP contribution in [0.3, 0.4) is 0 Å². The van der Waals surface area contributed by atoms with Crippen LogP contribution in [0.5, 0.6) is 0 Å². The van der Waals surface area contributed by atoms with E-state index in [0.717, 1.165) is 11.2 Å². The summed E-state index contributed by atoms with van der Waals surface area (Å²) in [6, 6.07) is 15.6. The molecule has 9 rings (SSSR count). The molecule has 2 aromatic carbocycles. The number of furan rings is 1. The van der Waals surface area contributed by atoms with Gasteiger partial charge in [0.1, 0.15) is 11.2 Å². The number of fused-ring (bicyclic) bond motifs is 10. The van der Waals surface area contributed by atoms with Gasteiger partial charge in [-0.1, -0.05) is 56.7 Å². The third-order valence-corrected chi connectivity index (χ3v) is 9.76. The second-order valence-electron chi connectivity index (χ2n) is 11.9. The van der Waals surface area contributed by atoms with Crippen LogP contribution in [0.4, 0.5) is 0 Å². The Morgan fingerprint density at radius 2 is 1.24 bits per heavy atom. The molecule has 0 aliphatic heterocycles. The monoisotopic (exact) mass is 497 g/mol. The van der Waals surface area contributed by atoms with E-state index in [-0.39, 0.29) is 0 Å². The summed E-state index contributed by atoms with van der Waals surface area (Å²) in [5.74, 6) is 1.15. The van der Waals surface area contributed by atoms with Crippen LogP contribution < -0.4 is 0 Å². The summed E-state index contributed by atoms with van der Waals surface area (Å²) in [6.45, 7) is 0. The third-order valence-electron chi connectivity index (χ3n) is 9.76. The fraction of sp³-hybridized carbons (Fsp3) is 0.353. The Labute approximate surface area is 221 Å². The SMILES string of the molecule is c1ccc2c(c1)oc1cc3c4cc(C5CCCCC5)ncc4n4c5cnc(C6CCCCC6)cc5c(c12)c34. The maximum absolute atomic E-state index is 6.51. The molecule has 5 heterocycles. The van der Waals surface area contributed by atoms with Gasteiger partial charge < -0.3 is 8.82 Å². The molecule has 2 fully saturated rings. The van der Waals surface area contributed by atoms with E-state index in [1.54, 1.807) is 0 Å².